The largest absolute Gasteiger partial charge is 0.507 e. The first-order chi connectivity index (χ1) is 19.6. The Labute approximate surface area is 234 Å². The number of hydrogen-bond acceptors (Lipinski definition) is 11. The molecular formula is C27H33N4O10+. The lowest BCUT2D eigenvalue weighted by molar-refractivity contribution is -0.146. The fourth-order valence-corrected chi connectivity index (χ4v) is 4.75. The predicted octanol–water partition coefficient (Wildman–Crippen LogP) is -0.546. The van der Waals surface area contributed by atoms with Gasteiger partial charge in [0.05, 0.1) is 31.6 Å². The van der Waals surface area contributed by atoms with Crippen molar-refractivity contribution in [2.24, 2.45) is 0 Å². The Hall–Kier alpha value is -3.95. The molecule has 5 N–H and O–H groups in total. The summed E-state index contributed by atoms with van der Waals surface area (Å²) < 4.78 is 11.1. The van der Waals surface area contributed by atoms with Crippen LogP contribution >= 0.6 is 0 Å². The number of esters is 1. The molecule has 14 nitrogen and oxygen atoms in total. The molecule has 1 aromatic carbocycles. The van der Waals surface area contributed by atoms with E-state index in [9.17, 15) is 39.6 Å². The van der Waals surface area contributed by atoms with Gasteiger partial charge in [0, 0.05) is 24.9 Å². The summed E-state index contributed by atoms with van der Waals surface area (Å²) in [4.78, 5) is 54.5. The first-order valence-electron chi connectivity index (χ1n) is 13.2. The van der Waals surface area contributed by atoms with Gasteiger partial charge in [0.2, 0.25) is 5.82 Å². The number of para-hydroxylation sites is 1. The zero-order chi connectivity index (χ0) is 29.7. The second-order valence-electron chi connectivity index (χ2n) is 9.80. The zero-order valence-electron chi connectivity index (χ0n) is 22.3. The summed E-state index contributed by atoms with van der Waals surface area (Å²) in [5, 5.41) is 41.9. The maximum atomic E-state index is 13.3. The van der Waals surface area contributed by atoms with Gasteiger partial charge >= 0.3 is 17.6 Å². The first-order valence-corrected chi connectivity index (χ1v) is 13.2. The number of amides is 2. The molecule has 4 rings (SSSR count). The summed E-state index contributed by atoms with van der Waals surface area (Å²) in [6.07, 6.45) is -0.622. The van der Waals surface area contributed by atoms with Crippen molar-refractivity contribution < 1.29 is 44.3 Å². The highest BCUT2D eigenvalue weighted by molar-refractivity contribution is 5.96. The topological polar surface area (TPSA) is 198 Å². The number of aromatic nitrogens is 2. The number of nitrogens with zero attached hydrogens (tertiary/aromatic N) is 3. The van der Waals surface area contributed by atoms with E-state index in [0.717, 1.165) is 4.57 Å². The second-order valence-corrected chi connectivity index (χ2v) is 9.80. The number of hydrogen-bond donors (Lipinski definition) is 5. The minimum Gasteiger partial charge on any atom is -0.507 e. The Kier molecular flexibility index (Phi) is 9.30. The minimum absolute atomic E-state index is 0.0189. The lowest BCUT2D eigenvalue weighted by atomic mass is 10.0. The van der Waals surface area contributed by atoms with Crippen molar-refractivity contribution in [3.63, 3.8) is 0 Å². The van der Waals surface area contributed by atoms with Gasteiger partial charge in [-0.15, -0.1) is 4.98 Å². The number of aromatic hydroxyl groups is 1. The van der Waals surface area contributed by atoms with Crippen LogP contribution in [0.3, 0.4) is 0 Å². The summed E-state index contributed by atoms with van der Waals surface area (Å²) in [7, 11) is 0. The van der Waals surface area contributed by atoms with Crippen LogP contribution in [0.4, 0.5) is 5.82 Å². The molecule has 1 saturated heterocycles. The maximum absolute atomic E-state index is 13.3. The molecule has 0 bridgehead atoms. The van der Waals surface area contributed by atoms with Crippen molar-refractivity contribution in [3.05, 3.63) is 64.9 Å². The number of rotatable bonds is 11. The third-order valence-corrected chi connectivity index (χ3v) is 7.20. The highest BCUT2D eigenvalue weighted by Crippen LogP contribution is 2.34. The number of carbonyl (C=O) groups is 3. The average molecular weight is 574 g/mol. The summed E-state index contributed by atoms with van der Waals surface area (Å²) in [6, 6.07) is 7.18. The molecule has 220 valence electrons. The molecule has 0 radical (unpaired) electrons. The number of aliphatic hydroxyl groups excluding tert-OH is 3. The molecule has 2 aromatic rings. The van der Waals surface area contributed by atoms with Gasteiger partial charge in [-0.05, 0) is 25.5 Å². The van der Waals surface area contributed by atoms with Crippen molar-refractivity contribution >= 4 is 23.6 Å². The molecule has 0 aliphatic carbocycles. The molecular weight excluding hydrogens is 540 g/mol. The van der Waals surface area contributed by atoms with Gasteiger partial charge in [0.25, 0.3) is 5.91 Å². The number of phenols is 1. The molecule has 6 atom stereocenters. The van der Waals surface area contributed by atoms with Gasteiger partial charge < -0.3 is 35.2 Å². The summed E-state index contributed by atoms with van der Waals surface area (Å²) in [6.45, 7) is 1.44. The third-order valence-electron chi connectivity index (χ3n) is 7.20. The average Bonchev–Trinajstić information content (AvgIpc) is 3.24. The van der Waals surface area contributed by atoms with Crippen LogP contribution in [0, 0.1) is 0 Å². The van der Waals surface area contributed by atoms with Crippen LogP contribution in [0.5, 0.6) is 5.75 Å². The van der Waals surface area contributed by atoms with E-state index in [0.29, 0.717) is 6.42 Å². The predicted molar refractivity (Wildman–Crippen MR) is 142 cm³/mol. The molecule has 0 spiro atoms. The van der Waals surface area contributed by atoms with E-state index in [-0.39, 0.29) is 55.1 Å². The van der Waals surface area contributed by atoms with E-state index in [4.69, 9.17) is 9.47 Å². The second kappa shape index (κ2) is 12.7. The number of phenolic OH excluding ortho intramolecular Hbond substituents is 1. The molecule has 2 aliphatic heterocycles. The maximum Gasteiger partial charge on any atom is 0.354 e. The van der Waals surface area contributed by atoms with Gasteiger partial charge in [0.15, 0.2) is 6.23 Å². The Balaban J connectivity index is 1.29. The van der Waals surface area contributed by atoms with E-state index in [1.165, 1.54) is 24.4 Å². The fourth-order valence-electron chi connectivity index (χ4n) is 4.75. The molecule has 14 heteroatoms. The molecule has 3 heterocycles. The fraction of sp³-hybridized carbons (Fsp3) is 0.444. The van der Waals surface area contributed by atoms with E-state index in [1.807, 2.05) is 0 Å². The molecule has 41 heavy (non-hydrogen) atoms. The lowest BCUT2D eigenvalue weighted by Gasteiger charge is -2.40. The van der Waals surface area contributed by atoms with Crippen LogP contribution in [-0.2, 0) is 19.1 Å². The number of ether oxygens (including phenoxy) is 2. The normalized spacial score (nSPS) is 26.8. The zero-order valence-corrected chi connectivity index (χ0v) is 22.3. The van der Waals surface area contributed by atoms with E-state index >= 15 is 0 Å². The SMILES string of the molecule is CC1C=C[N+]1(C(=O)CCC(=O)OCCCNC(=O)c1ccccc1O)c1ccn(C2OC(CO)C(O)C2O)c(=O)n1. The van der Waals surface area contributed by atoms with Crippen LogP contribution < -0.4 is 15.5 Å². The molecule has 0 saturated carbocycles. The highest BCUT2D eigenvalue weighted by atomic mass is 16.6. The van der Waals surface area contributed by atoms with Gasteiger partial charge in [0.1, 0.15) is 36.3 Å². The van der Waals surface area contributed by atoms with Gasteiger partial charge in [-0.25, -0.2) is 9.59 Å². The number of nitrogens with one attached hydrogen (secondary N) is 1. The molecule has 6 unspecified atom stereocenters. The lowest BCUT2D eigenvalue weighted by Crippen LogP contribution is -2.61. The van der Waals surface area contributed by atoms with Crippen molar-refractivity contribution in [2.45, 2.75) is 56.8 Å². The van der Waals surface area contributed by atoms with Crippen LogP contribution in [-0.4, -0.2) is 91.9 Å². The summed E-state index contributed by atoms with van der Waals surface area (Å²) in [5.41, 5.74) is -0.691. The van der Waals surface area contributed by atoms with Crippen molar-refractivity contribution in [3.8, 4) is 5.75 Å². The van der Waals surface area contributed by atoms with Crippen LogP contribution in [0.25, 0.3) is 0 Å². The Morgan fingerprint density at radius 2 is 1.90 bits per heavy atom. The Bertz CT molecular complexity index is 1380. The first kappa shape index (κ1) is 30.0. The minimum atomic E-state index is -1.47. The van der Waals surface area contributed by atoms with Crippen LogP contribution in [0.1, 0.15) is 42.8 Å². The monoisotopic (exact) mass is 573 g/mol. The Morgan fingerprint density at radius 3 is 2.51 bits per heavy atom. The van der Waals surface area contributed by atoms with Crippen LogP contribution in [0.15, 0.2) is 53.6 Å². The summed E-state index contributed by atoms with van der Waals surface area (Å²) >= 11 is 0. The van der Waals surface area contributed by atoms with E-state index < -0.39 is 53.2 Å². The smallest absolute Gasteiger partial charge is 0.354 e. The summed E-state index contributed by atoms with van der Waals surface area (Å²) in [5.74, 6) is -1.46. The van der Waals surface area contributed by atoms with Crippen LogP contribution in [0.2, 0.25) is 0 Å². The number of carbonyl (C=O) groups excluding carboxylic acids is 3. The van der Waals surface area contributed by atoms with Gasteiger partial charge in [-0.1, -0.05) is 12.1 Å². The highest BCUT2D eigenvalue weighted by Gasteiger charge is 2.49. The van der Waals surface area contributed by atoms with Crippen molar-refractivity contribution in [2.75, 3.05) is 19.8 Å². The molecule has 1 aromatic heterocycles. The van der Waals surface area contributed by atoms with E-state index in [2.05, 4.69) is 10.3 Å². The molecule has 1 fully saturated rings. The number of aliphatic hydroxyl groups is 3. The van der Waals surface area contributed by atoms with Gasteiger partial charge in [-0.2, -0.15) is 4.48 Å². The Morgan fingerprint density at radius 1 is 1.15 bits per heavy atom. The van der Waals surface area contributed by atoms with Gasteiger partial charge in [-0.3, -0.25) is 14.2 Å². The standard InChI is InChI=1S/C27H32N4O10/c1-16-10-13-31(16,20-9-12-30(27(39)29-20)26-24(37)23(36)19(15-32)41-26)21(34)7-8-22(35)40-14-4-11-28-25(38)17-5-2-3-6-18(17)33/h2-3,5-6,9-10,12-13,16,19,23-24,26,32,36-37H,4,7-8,11,14-15H2,1H3,(H-,28,33,38)/p+1. The molecule has 2 amide bonds. The number of benzene rings is 1. The van der Waals surface area contributed by atoms with Crippen molar-refractivity contribution in [1.82, 2.24) is 19.4 Å². The molecule has 2 aliphatic rings. The third kappa shape index (κ3) is 6.06. The van der Waals surface area contributed by atoms with Crippen molar-refractivity contribution in [1.29, 1.82) is 0 Å². The van der Waals surface area contributed by atoms with E-state index in [1.54, 1.807) is 31.3 Å². The quantitative estimate of drug-likeness (QED) is 0.131. The number of quaternary nitrogens is 1.